The van der Waals surface area contributed by atoms with Crippen molar-refractivity contribution in [3.05, 3.63) is 67.1 Å². The number of nitrogens with zero attached hydrogens (tertiary/aromatic N) is 1. The van der Waals surface area contributed by atoms with E-state index < -0.39 is 4.92 Å². The lowest BCUT2D eigenvalue weighted by atomic mass is 10.2. The molecule has 1 N–H and O–H groups in total. The molecule has 104 valence electrons. The summed E-state index contributed by atoms with van der Waals surface area (Å²) in [5, 5.41) is 15.2. The quantitative estimate of drug-likeness (QED) is 0.621. The molecule has 0 aliphatic carbocycles. The highest BCUT2D eigenvalue weighted by Crippen LogP contribution is 2.30. The Morgan fingerprint density at radius 3 is 2.60 bits per heavy atom. The zero-order valence-electron chi connectivity index (χ0n) is 10.1. The van der Waals surface area contributed by atoms with Crippen LogP contribution in [0.25, 0.3) is 0 Å². The van der Waals surface area contributed by atoms with Crippen molar-refractivity contribution in [2.45, 2.75) is 6.54 Å². The first kappa shape index (κ1) is 14.9. The Bertz CT molecular complexity index is 662. The first-order valence-corrected chi connectivity index (χ1v) is 6.73. The normalized spacial score (nSPS) is 10.3. The summed E-state index contributed by atoms with van der Waals surface area (Å²) in [6.07, 6.45) is 0. The molecule has 0 fully saturated rings. The lowest BCUT2D eigenvalue weighted by Crippen LogP contribution is -2.03. The van der Waals surface area contributed by atoms with Crippen molar-refractivity contribution in [3.8, 4) is 0 Å². The van der Waals surface area contributed by atoms with Gasteiger partial charge in [-0.3, -0.25) is 10.1 Å². The van der Waals surface area contributed by atoms with Gasteiger partial charge in [0, 0.05) is 17.6 Å². The summed E-state index contributed by atoms with van der Waals surface area (Å²) in [5.41, 5.74) is 1.03. The highest BCUT2D eigenvalue weighted by Gasteiger charge is 2.14. The average Bonchev–Trinajstić information content (AvgIpc) is 2.40. The molecule has 0 heterocycles. The molecular formula is C13H9Cl3N2O2. The van der Waals surface area contributed by atoms with Gasteiger partial charge in [0.25, 0.3) is 5.69 Å². The van der Waals surface area contributed by atoms with Gasteiger partial charge in [-0.1, -0.05) is 46.9 Å². The van der Waals surface area contributed by atoms with Gasteiger partial charge in [-0.15, -0.1) is 0 Å². The van der Waals surface area contributed by atoms with Gasteiger partial charge in [0.1, 0.15) is 5.69 Å². The van der Waals surface area contributed by atoms with Crippen molar-refractivity contribution < 1.29 is 4.92 Å². The molecule has 0 spiro atoms. The van der Waals surface area contributed by atoms with Crippen molar-refractivity contribution in [3.63, 3.8) is 0 Å². The van der Waals surface area contributed by atoms with E-state index in [-0.39, 0.29) is 5.69 Å². The Hall–Kier alpha value is -1.49. The smallest absolute Gasteiger partial charge is 0.292 e. The molecule has 7 heteroatoms. The molecule has 0 radical (unpaired) electrons. The molecule has 0 aromatic heterocycles. The number of nitro groups is 1. The number of rotatable bonds is 4. The van der Waals surface area contributed by atoms with E-state index in [1.165, 1.54) is 18.2 Å². The SMILES string of the molecule is O=[N+]([O-])c1ccc(Cl)cc1NCc1cccc(Cl)c1Cl. The van der Waals surface area contributed by atoms with E-state index in [2.05, 4.69) is 5.32 Å². The van der Waals surface area contributed by atoms with Crippen molar-refractivity contribution in [2.24, 2.45) is 0 Å². The molecule has 0 amide bonds. The Kier molecular flexibility index (Phi) is 4.70. The molecule has 0 saturated heterocycles. The van der Waals surface area contributed by atoms with E-state index >= 15 is 0 Å². The molecular weight excluding hydrogens is 323 g/mol. The third-order valence-corrected chi connectivity index (χ3v) is 3.75. The van der Waals surface area contributed by atoms with Crippen LogP contribution in [0.4, 0.5) is 11.4 Å². The molecule has 0 bridgehead atoms. The van der Waals surface area contributed by atoms with Crippen molar-refractivity contribution in [1.29, 1.82) is 0 Å². The summed E-state index contributed by atoms with van der Waals surface area (Å²) in [4.78, 5) is 10.5. The van der Waals surface area contributed by atoms with Crippen LogP contribution in [0.1, 0.15) is 5.56 Å². The highest BCUT2D eigenvalue weighted by molar-refractivity contribution is 6.42. The minimum absolute atomic E-state index is 0.0486. The molecule has 0 saturated carbocycles. The number of nitrogens with one attached hydrogen (secondary N) is 1. The van der Waals surface area contributed by atoms with Crippen LogP contribution in [0.5, 0.6) is 0 Å². The van der Waals surface area contributed by atoms with Crippen LogP contribution in [0.15, 0.2) is 36.4 Å². The lowest BCUT2D eigenvalue weighted by Gasteiger charge is -2.09. The minimum atomic E-state index is -0.474. The maximum absolute atomic E-state index is 10.9. The van der Waals surface area contributed by atoms with Crippen LogP contribution >= 0.6 is 34.8 Å². The second-order valence-electron chi connectivity index (χ2n) is 3.99. The third kappa shape index (κ3) is 3.33. The molecule has 4 nitrogen and oxygen atoms in total. The van der Waals surface area contributed by atoms with Gasteiger partial charge in [-0.2, -0.15) is 0 Å². The molecule has 0 aliphatic heterocycles. The summed E-state index contributed by atoms with van der Waals surface area (Å²) < 4.78 is 0. The average molecular weight is 332 g/mol. The fourth-order valence-corrected chi connectivity index (χ4v) is 2.24. The zero-order valence-corrected chi connectivity index (χ0v) is 12.3. The van der Waals surface area contributed by atoms with Gasteiger partial charge >= 0.3 is 0 Å². The summed E-state index contributed by atoms with van der Waals surface area (Å²) >= 11 is 17.8. The maximum atomic E-state index is 10.9. The standard InChI is InChI=1S/C13H9Cl3N2O2/c14-9-4-5-12(18(19)20)11(6-9)17-7-8-2-1-3-10(15)13(8)16/h1-6,17H,7H2. The number of benzene rings is 2. The first-order chi connectivity index (χ1) is 9.49. The third-order valence-electron chi connectivity index (χ3n) is 2.66. The number of anilines is 1. The summed E-state index contributed by atoms with van der Waals surface area (Å²) in [6, 6.07) is 9.55. The number of halogens is 3. The Labute approximate surface area is 130 Å². The Balaban J connectivity index is 2.24. The topological polar surface area (TPSA) is 55.2 Å². The number of nitro benzene ring substituents is 1. The second kappa shape index (κ2) is 6.31. The van der Waals surface area contributed by atoms with E-state index in [1.807, 2.05) is 0 Å². The molecule has 2 aromatic rings. The Morgan fingerprint density at radius 1 is 1.15 bits per heavy atom. The maximum Gasteiger partial charge on any atom is 0.292 e. The zero-order chi connectivity index (χ0) is 14.7. The van der Waals surface area contributed by atoms with E-state index in [1.54, 1.807) is 18.2 Å². The summed E-state index contributed by atoms with van der Waals surface area (Å²) in [7, 11) is 0. The second-order valence-corrected chi connectivity index (χ2v) is 5.21. The van der Waals surface area contributed by atoms with Crippen molar-refractivity contribution in [1.82, 2.24) is 0 Å². The van der Waals surface area contributed by atoms with E-state index in [0.29, 0.717) is 27.3 Å². The van der Waals surface area contributed by atoms with Crippen molar-refractivity contribution in [2.75, 3.05) is 5.32 Å². The van der Waals surface area contributed by atoms with Crippen LogP contribution in [0.3, 0.4) is 0 Å². The van der Waals surface area contributed by atoms with Gasteiger partial charge in [-0.25, -0.2) is 0 Å². The van der Waals surface area contributed by atoms with Crippen LogP contribution in [-0.2, 0) is 6.54 Å². The van der Waals surface area contributed by atoms with Gasteiger partial charge in [0.2, 0.25) is 0 Å². The van der Waals surface area contributed by atoms with Crippen LogP contribution in [0, 0.1) is 10.1 Å². The van der Waals surface area contributed by atoms with Crippen LogP contribution in [-0.4, -0.2) is 4.92 Å². The van der Waals surface area contributed by atoms with Gasteiger partial charge in [0.15, 0.2) is 0 Å². The number of hydrogen-bond donors (Lipinski definition) is 1. The van der Waals surface area contributed by atoms with Crippen molar-refractivity contribution >= 4 is 46.2 Å². The van der Waals surface area contributed by atoms with Crippen LogP contribution in [0.2, 0.25) is 15.1 Å². The number of hydrogen-bond acceptors (Lipinski definition) is 3. The van der Waals surface area contributed by atoms with Crippen LogP contribution < -0.4 is 5.32 Å². The predicted molar refractivity (Wildman–Crippen MR) is 81.9 cm³/mol. The molecule has 0 unspecified atom stereocenters. The summed E-state index contributed by atoms with van der Waals surface area (Å²) in [5.74, 6) is 0. The largest absolute Gasteiger partial charge is 0.375 e. The van der Waals surface area contributed by atoms with Gasteiger partial charge in [0.05, 0.1) is 15.0 Å². The molecule has 2 rings (SSSR count). The molecule has 2 aromatic carbocycles. The summed E-state index contributed by atoms with van der Waals surface area (Å²) in [6.45, 7) is 0.306. The predicted octanol–water partition coefficient (Wildman–Crippen LogP) is 5.17. The van der Waals surface area contributed by atoms with E-state index in [4.69, 9.17) is 34.8 Å². The van der Waals surface area contributed by atoms with Gasteiger partial charge < -0.3 is 5.32 Å². The monoisotopic (exact) mass is 330 g/mol. The lowest BCUT2D eigenvalue weighted by molar-refractivity contribution is -0.384. The highest BCUT2D eigenvalue weighted by atomic mass is 35.5. The van der Waals surface area contributed by atoms with E-state index in [0.717, 1.165) is 5.56 Å². The Morgan fingerprint density at radius 2 is 1.90 bits per heavy atom. The molecule has 0 atom stereocenters. The van der Waals surface area contributed by atoms with E-state index in [9.17, 15) is 10.1 Å². The van der Waals surface area contributed by atoms with Gasteiger partial charge in [-0.05, 0) is 23.8 Å². The first-order valence-electron chi connectivity index (χ1n) is 5.59. The molecule has 20 heavy (non-hydrogen) atoms. The fourth-order valence-electron chi connectivity index (χ4n) is 1.68. The molecule has 0 aliphatic rings. The fraction of sp³-hybridized carbons (Fsp3) is 0.0769. The minimum Gasteiger partial charge on any atom is -0.375 e.